The smallest absolute Gasteiger partial charge is 0.226 e. The molecule has 0 bridgehead atoms. The van der Waals surface area contributed by atoms with Crippen molar-refractivity contribution in [3.63, 3.8) is 0 Å². The van der Waals surface area contributed by atoms with Crippen LogP contribution in [0.2, 0.25) is 0 Å². The number of halogens is 2. The van der Waals surface area contributed by atoms with Gasteiger partial charge in [-0.25, -0.2) is 0 Å². The maximum absolute atomic E-state index is 12.0. The number of benzene rings is 1. The summed E-state index contributed by atoms with van der Waals surface area (Å²) in [4.78, 5) is 12.0. The number of carbonyl (C=O) groups is 1. The Morgan fingerprint density at radius 1 is 1.30 bits per heavy atom. The molecule has 0 unspecified atom stereocenters. The van der Waals surface area contributed by atoms with Crippen LogP contribution < -0.4 is 5.32 Å². The van der Waals surface area contributed by atoms with Gasteiger partial charge in [-0.3, -0.25) is 9.48 Å². The molecule has 0 spiro atoms. The van der Waals surface area contributed by atoms with E-state index in [0.29, 0.717) is 13.0 Å². The molecule has 0 aliphatic heterocycles. The Hall–Kier alpha value is -1.14. The van der Waals surface area contributed by atoms with E-state index in [1.165, 1.54) is 0 Å². The standard InChI is InChI=1S/C14H15Br2N3O/c1-9-7-10(2)19(18-9)6-5-14(20)17-13-8-11(15)3-4-12(13)16/h3-4,7-8H,5-6H2,1-2H3,(H,17,20). The van der Waals surface area contributed by atoms with E-state index >= 15 is 0 Å². The minimum atomic E-state index is -0.0312. The van der Waals surface area contributed by atoms with Crippen molar-refractivity contribution < 1.29 is 4.79 Å². The van der Waals surface area contributed by atoms with Gasteiger partial charge in [-0.15, -0.1) is 0 Å². The molecule has 0 aliphatic rings. The lowest BCUT2D eigenvalue weighted by Crippen LogP contribution is -2.15. The van der Waals surface area contributed by atoms with Gasteiger partial charge in [-0.2, -0.15) is 5.10 Å². The van der Waals surface area contributed by atoms with Crippen LogP contribution in [-0.4, -0.2) is 15.7 Å². The number of carbonyl (C=O) groups excluding carboxylic acids is 1. The number of amides is 1. The van der Waals surface area contributed by atoms with E-state index in [1.807, 2.05) is 42.8 Å². The first-order chi connectivity index (χ1) is 9.45. The average molecular weight is 401 g/mol. The molecule has 0 atom stereocenters. The molecule has 0 saturated carbocycles. The largest absolute Gasteiger partial charge is 0.325 e. The predicted molar refractivity (Wildman–Crippen MR) is 86.8 cm³/mol. The van der Waals surface area contributed by atoms with Gasteiger partial charge in [0, 0.05) is 27.6 Å². The lowest BCUT2D eigenvalue weighted by molar-refractivity contribution is -0.116. The highest BCUT2D eigenvalue weighted by Crippen LogP contribution is 2.26. The molecule has 1 N–H and O–H groups in total. The number of nitrogens with zero attached hydrogens (tertiary/aromatic N) is 2. The Bertz CT molecular complexity index is 637. The van der Waals surface area contributed by atoms with Crippen LogP contribution in [0.15, 0.2) is 33.2 Å². The summed E-state index contributed by atoms with van der Waals surface area (Å²) >= 11 is 6.80. The van der Waals surface area contributed by atoms with E-state index in [1.54, 1.807) is 0 Å². The minimum absolute atomic E-state index is 0.0312. The van der Waals surface area contributed by atoms with Gasteiger partial charge in [0.05, 0.1) is 11.4 Å². The molecule has 1 aromatic carbocycles. The zero-order valence-electron chi connectivity index (χ0n) is 11.3. The quantitative estimate of drug-likeness (QED) is 0.841. The maximum Gasteiger partial charge on any atom is 0.226 e. The Kier molecular flexibility index (Phi) is 4.99. The third-order valence-corrected chi connectivity index (χ3v) is 4.04. The van der Waals surface area contributed by atoms with Gasteiger partial charge in [0.2, 0.25) is 5.91 Å². The van der Waals surface area contributed by atoms with Crippen molar-refractivity contribution in [2.75, 3.05) is 5.32 Å². The minimum Gasteiger partial charge on any atom is -0.325 e. The molecule has 1 heterocycles. The van der Waals surface area contributed by atoms with Crippen LogP contribution in [0.5, 0.6) is 0 Å². The summed E-state index contributed by atoms with van der Waals surface area (Å²) in [5.74, 6) is -0.0312. The Morgan fingerprint density at radius 3 is 2.70 bits per heavy atom. The maximum atomic E-state index is 12.0. The molecular formula is C14H15Br2N3O. The molecule has 6 heteroatoms. The normalized spacial score (nSPS) is 10.6. The van der Waals surface area contributed by atoms with Gasteiger partial charge >= 0.3 is 0 Å². The lowest BCUT2D eigenvalue weighted by Gasteiger charge is -2.08. The molecule has 1 amide bonds. The molecular weight excluding hydrogens is 386 g/mol. The molecule has 2 rings (SSSR count). The first kappa shape index (κ1) is 15.3. The zero-order valence-corrected chi connectivity index (χ0v) is 14.5. The van der Waals surface area contributed by atoms with Gasteiger partial charge in [0.15, 0.2) is 0 Å². The van der Waals surface area contributed by atoms with Crippen molar-refractivity contribution >= 4 is 43.5 Å². The number of aryl methyl sites for hydroxylation is 3. The number of rotatable bonds is 4. The predicted octanol–water partition coefficient (Wildman–Crippen LogP) is 4.05. The van der Waals surface area contributed by atoms with Crippen molar-refractivity contribution in [3.05, 3.63) is 44.6 Å². The van der Waals surface area contributed by atoms with Crippen molar-refractivity contribution in [1.29, 1.82) is 0 Å². The molecule has 2 aromatic rings. The molecule has 0 radical (unpaired) electrons. The van der Waals surface area contributed by atoms with Crippen LogP contribution in [-0.2, 0) is 11.3 Å². The van der Waals surface area contributed by atoms with Crippen LogP contribution >= 0.6 is 31.9 Å². The van der Waals surface area contributed by atoms with E-state index in [-0.39, 0.29) is 5.91 Å². The van der Waals surface area contributed by atoms with Crippen molar-refractivity contribution in [1.82, 2.24) is 9.78 Å². The number of hydrogen-bond acceptors (Lipinski definition) is 2. The molecule has 4 nitrogen and oxygen atoms in total. The monoisotopic (exact) mass is 399 g/mol. The first-order valence-corrected chi connectivity index (χ1v) is 7.80. The fourth-order valence-corrected chi connectivity index (χ4v) is 2.62. The number of anilines is 1. The molecule has 0 saturated heterocycles. The highest BCUT2D eigenvalue weighted by atomic mass is 79.9. The highest BCUT2D eigenvalue weighted by molar-refractivity contribution is 9.11. The lowest BCUT2D eigenvalue weighted by atomic mass is 10.3. The third kappa shape index (κ3) is 3.93. The molecule has 106 valence electrons. The third-order valence-electron chi connectivity index (χ3n) is 2.86. The zero-order chi connectivity index (χ0) is 14.7. The van der Waals surface area contributed by atoms with E-state index in [4.69, 9.17) is 0 Å². The van der Waals surface area contributed by atoms with Crippen LogP contribution in [0, 0.1) is 13.8 Å². The summed E-state index contributed by atoms with van der Waals surface area (Å²) in [6, 6.07) is 7.67. The van der Waals surface area contributed by atoms with Gasteiger partial charge in [-0.1, -0.05) is 15.9 Å². The Morgan fingerprint density at radius 2 is 2.05 bits per heavy atom. The highest BCUT2D eigenvalue weighted by Gasteiger charge is 2.08. The number of nitrogens with one attached hydrogen (secondary N) is 1. The topological polar surface area (TPSA) is 46.9 Å². The van der Waals surface area contributed by atoms with Crippen molar-refractivity contribution in [2.45, 2.75) is 26.8 Å². The number of aromatic nitrogens is 2. The fourth-order valence-electron chi connectivity index (χ4n) is 1.91. The Balaban J connectivity index is 1.96. The van der Waals surface area contributed by atoms with Crippen molar-refractivity contribution in [2.24, 2.45) is 0 Å². The summed E-state index contributed by atoms with van der Waals surface area (Å²) in [5.41, 5.74) is 2.80. The fraction of sp³-hybridized carbons (Fsp3) is 0.286. The molecule has 0 fully saturated rings. The SMILES string of the molecule is Cc1cc(C)n(CCC(=O)Nc2cc(Br)ccc2Br)n1. The van der Waals surface area contributed by atoms with Crippen molar-refractivity contribution in [3.8, 4) is 0 Å². The Labute approximate surface area is 134 Å². The molecule has 20 heavy (non-hydrogen) atoms. The summed E-state index contributed by atoms with van der Waals surface area (Å²) in [6.45, 7) is 4.52. The van der Waals surface area contributed by atoms with E-state index in [9.17, 15) is 4.79 Å². The summed E-state index contributed by atoms with van der Waals surface area (Å²) in [6.07, 6.45) is 0.390. The second kappa shape index (κ2) is 6.54. The van der Waals surface area contributed by atoms with E-state index in [0.717, 1.165) is 26.0 Å². The number of hydrogen-bond donors (Lipinski definition) is 1. The van der Waals surface area contributed by atoms with Gasteiger partial charge < -0.3 is 5.32 Å². The second-order valence-corrected chi connectivity index (χ2v) is 6.34. The van der Waals surface area contributed by atoms with Crippen LogP contribution in [0.1, 0.15) is 17.8 Å². The van der Waals surface area contributed by atoms with E-state index in [2.05, 4.69) is 42.3 Å². The summed E-state index contributed by atoms with van der Waals surface area (Å²) in [5, 5.41) is 7.23. The molecule has 1 aromatic heterocycles. The van der Waals surface area contributed by atoms with Crippen LogP contribution in [0.4, 0.5) is 5.69 Å². The van der Waals surface area contributed by atoms with Crippen LogP contribution in [0.3, 0.4) is 0 Å². The van der Waals surface area contributed by atoms with Crippen LogP contribution in [0.25, 0.3) is 0 Å². The van der Waals surface area contributed by atoms with Gasteiger partial charge in [-0.05, 0) is 54.0 Å². The summed E-state index contributed by atoms with van der Waals surface area (Å²) < 4.78 is 3.64. The van der Waals surface area contributed by atoms with Gasteiger partial charge in [0.25, 0.3) is 0 Å². The molecule has 0 aliphatic carbocycles. The first-order valence-electron chi connectivity index (χ1n) is 6.21. The van der Waals surface area contributed by atoms with Gasteiger partial charge in [0.1, 0.15) is 0 Å². The van der Waals surface area contributed by atoms with E-state index < -0.39 is 0 Å². The second-order valence-electron chi connectivity index (χ2n) is 4.57. The summed E-state index contributed by atoms with van der Waals surface area (Å²) in [7, 11) is 0. The average Bonchev–Trinajstić information content (AvgIpc) is 2.70.